The summed E-state index contributed by atoms with van der Waals surface area (Å²) in [5, 5.41) is 10.8. The largest absolute Gasteiger partial charge is 1.00 e. The lowest BCUT2D eigenvalue weighted by Gasteiger charge is -1.99. The Morgan fingerprint density at radius 3 is 2.65 bits per heavy atom. The van der Waals surface area contributed by atoms with Crippen LogP contribution in [-0.2, 0) is 0 Å². The Bertz CT molecular complexity index is 602. The Morgan fingerprint density at radius 2 is 1.95 bits per heavy atom. The Morgan fingerprint density at radius 1 is 1.25 bits per heavy atom. The van der Waals surface area contributed by atoms with E-state index >= 15 is 0 Å². The van der Waals surface area contributed by atoms with Crippen LogP contribution in [0.15, 0.2) is 34.2 Å². The molecule has 106 valence electrons. The van der Waals surface area contributed by atoms with Gasteiger partial charge in [-0.3, -0.25) is 4.58 Å². The lowest BCUT2D eigenvalue weighted by molar-refractivity contribution is -0.503. The fourth-order valence-corrected chi connectivity index (χ4v) is 3.22. The van der Waals surface area contributed by atoms with E-state index in [4.69, 9.17) is 5.73 Å². The predicted octanol–water partition coefficient (Wildman–Crippen LogP) is -0.997. The summed E-state index contributed by atoms with van der Waals surface area (Å²) in [4.78, 5) is 5.33. The van der Waals surface area contributed by atoms with Crippen LogP contribution in [0.2, 0.25) is 0 Å². The molecule has 0 spiro atoms. The van der Waals surface area contributed by atoms with Crippen molar-refractivity contribution in [2.24, 2.45) is 10.7 Å². The minimum Gasteiger partial charge on any atom is -1.00 e. The Balaban J connectivity index is 0.00000147. The molecular weight excluding hydrogens is 294 g/mol. The second kappa shape index (κ2) is 6.33. The molecule has 0 radical (unpaired) electrons. The number of rotatable bonds is 1. The van der Waals surface area contributed by atoms with Crippen LogP contribution in [-0.4, -0.2) is 33.8 Å². The lowest BCUT2D eigenvalue weighted by Crippen LogP contribution is -3.00. The molecule has 0 atom stereocenters. The maximum Gasteiger partial charge on any atom is 0.362 e. The summed E-state index contributed by atoms with van der Waals surface area (Å²) < 4.78 is 2.27. The molecule has 0 bridgehead atoms. The highest BCUT2D eigenvalue weighted by molar-refractivity contribution is 8.18. The lowest BCUT2D eigenvalue weighted by atomic mass is 10.2. The number of halogens is 1. The fourth-order valence-electron chi connectivity index (χ4n) is 2.23. The van der Waals surface area contributed by atoms with Crippen LogP contribution in [0.25, 0.3) is 6.08 Å². The van der Waals surface area contributed by atoms with Gasteiger partial charge >= 0.3 is 5.17 Å². The van der Waals surface area contributed by atoms with Crippen LogP contribution in [0.3, 0.4) is 0 Å². The van der Waals surface area contributed by atoms with Crippen molar-refractivity contribution in [3.8, 4) is 5.75 Å². The molecule has 0 amide bonds. The average Bonchev–Trinajstić information content (AvgIpc) is 3.02. The summed E-state index contributed by atoms with van der Waals surface area (Å²) in [6.07, 6.45) is 4.33. The number of nitrogens with two attached hydrogens (primary N) is 1. The topological polar surface area (TPSA) is 61.6 Å². The van der Waals surface area contributed by atoms with Crippen LogP contribution in [0.5, 0.6) is 5.75 Å². The van der Waals surface area contributed by atoms with Crippen molar-refractivity contribution < 1.29 is 22.1 Å². The van der Waals surface area contributed by atoms with Gasteiger partial charge in [0.15, 0.2) is 0 Å². The van der Waals surface area contributed by atoms with Gasteiger partial charge in [-0.2, -0.15) is 0 Å². The van der Waals surface area contributed by atoms with Gasteiger partial charge in [0, 0.05) is 17.3 Å². The van der Waals surface area contributed by atoms with Gasteiger partial charge in [0.1, 0.15) is 5.75 Å². The van der Waals surface area contributed by atoms with Gasteiger partial charge in [0.25, 0.3) is 5.84 Å². The van der Waals surface area contributed by atoms with Gasteiger partial charge in [-0.1, -0.05) is 18.2 Å². The highest BCUT2D eigenvalue weighted by Crippen LogP contribution is 2.30. The van der Waals surface area contributed by atoms with E-state index in [1.54, 1.807) is 23.9 Å². The molecule has 1 fully saturated rings. The summed E-state index contributed by atoms with van der Waals surface area (Å²) in [5.74, 6) is 0.799. The van der Waals surface area contributed by atoms with E-state index in [-0.39, 0.29) is 18.2 Å². The Labute approximate surface area is 128 Å². The predicted molar refractivity (Wildman–Crippen MR) is 79.5 cm³/mol. The zero-order valence-electron chi connectivity index (χ0n) is 10.9. The fraction of sp³-hybridized carbons (Fsp3) is 0.286. The van der Waals surface area contributed by atoms with E-state index in [1.165, 1.54) is 12.8 Å². The molecule has 0 saturated carbocycles. The molecule has 20 heavy (non-hydrogen) atoms. The summed E-state index contributed by atoms with van der Waals surface area (Å²) >= 11 is 1.58. The summed E-state index contributed by atoms with van der Waals surface area (Å²) in [6.45, 7) is 2.12. The van der Waals surface area contributed by atoms with Gasteiger partial charge < -0.3 is 23.2 Å². The van der Waals surface area contributed by atoms with Gasteiger partial charge in [-0.25, -0.2) is 0 Å². The number of nitrogens with zero attached hydrogens (tertiary/aromatic N) is 2. The molecule has 0 unspecified atom stereocenters. The van der Waals surface area contributed by atoms with Crippen molar-refractivity contribution in [1.29, 1.82) is 0 Å². The number of phenols is 1. The van der Waals surface area contributed by atoms with Crippen molar-refractivity contribution in [3.05, 3.63) is 34.7 Å². The quantitative estimate of drug-likeness (QED) is 0.655. The van der Waals surface area contributed by atoms with Crippen molar-refractivity contribution in [3.63, 3.8) is 0 Å². The number of benzene rings is 1. The molecule has 3 N–H and O–H groups in total. The van der Waals surface area contributed by atoms with Crippen LogP contribution >= 0.6 is 11.8 Å². The number of para-hydroxylation sites is 1. The zero-order valence-corrected chi connectivity index (χ0v) is 12.5. The van der Waals surface area contributed by atoms with E-state index in [2.05, 4.69) is 9.57 Å². The van der Waals surface area contributed by atoms with Crippen molar-refractivity contribution in [1.82, 2.24) is 0 Å². The Hall–Kier alpha value is -1.46. The summed E-state index contributed by atoms with van der Waals surface area (Å²) in [6, 6.07) is 7.23. The number of hydrogen-bond donors (Lipinski definition) is 2. The van der Waals surface area contributed by atoms with Crippen molar-refractivity contribution in [2.75, 3.05) is 13.1 Å². The molecule has 1 saturated heterocycles. The standard InChI is InChI=1S/C14H15N3OS.ClH/c15-13-12(9-10-5-1-2-6-11(10)18)19-14(16-13)17-7-3-4-8-17;/h1-2,5-6,9H,3-4,7-8H2,(H2,15,18);1H. The van der Waals surface area contributed by atoms with Crippen LogP contribution in [0.4, 0.5) is 0 Å². The van der Waals surface area contributed by atoms with E-state index < -0.39 is 0 Å². The first kappa shape index (κ1) is 14.9. The molecule has 6 heteroatoms. The van der Waals surface area contributed by atoms with Crippen molar-refractivity contribution >= 4 is 28.8 Å². The van der Waals surface area contributed by atoms with Crippen LogP contribution in [0.1, 0.15) is 18.4 Å². The van der Waals surface area contributed by atoms with E-state index in [0.717, 1.165) is 28.7 Å². The molecule has 3 rings (SSSR count). The number of phenolic OH excluding ortho intramolecular Hbond substituents is 1. The number of thioether (sulfide) groups is 1. The van der Waals surface area contributed by atoms with E-state index in [0.29, 0.717) is 5.84 Å². The smallest absolute Gasteiger partial charge is 0.362 e. The normalized spacial score (nSPS) is 20.2. The third kappa shape index (κ3) is 2.99. The number of aromatic hydroxyl groups is 1. The third-order valence-corrected chi connectivity index (χ3v) is 4.35. The van der Waals surface area contributed by atoms with E-state index in [1.807, 2.05) is 18.2 Å². The number of aliphatic imine (C=N–C) groups is 1. The first-order chi connectivity index (χ1) is 9.24. The first-order valence-electron chi connectivity index (χ1n) is 6.38. The highest BCUT2D eigenvalue weighted by Gasteiger charge is 2.30. The maximum atomic E-state index is 9.78. The molecule has 2 heterocycles. The second-order valence-corrected chi connectivity index (χ2v) is 5.65. The third-order valence-electron chi connectivity index (χ3n) is 3.27. The monoisotopic (exact) mass is 309 g/mol. The molecule has 2 aliphatic heterocycles. The highest BCUT2D eigenvalue weighted by atomic mass is 35.5. The summed E-state index contributed by atoms with van der Waals surface area (Å²) in [7, 11) is 0. The van der Waals surface area contributed by atoms with Gasteiger partial charge in [-0.15, -0.1) is 0 Å². The van der Waals surface area contributed by atoms with Gasteiger partial charge in [0.2, 0.25) is 0 Å². The van der Waals surface area contributed by atoms with Gasteiger partial charge in [0.05, 0.1) is 18.0 Å². The molecular formula is C14H16ClN3OS. The molecule has 1 aromatic rings. The molecule has 0 aliphatic carbocycles. The molecule has 0 aromatic heterocycles. The van der Waals surface area contributed by atoms with Crippen molar-refractivity contribution in [2.45, 2.75) is 12.8 Å². The first-order valence-corrected chi connectivity index (χ1v) is 7.20. The second-order valence-electron chi connectivity index (χ2n) is 4.64. The van der Waals surface area contributed by atoms with Gasteiger partial charge in [-0.05, 0) is 30.0 Å². The average molecular weight is 310 g/mol. The molecule has 4 nitrogen and oxygen atoms in total. The molecule has 2 aliphatic rings. The number of amidine groups is 2. The van der Waals surface area contributed by atoms with E-state index in [9.17, 15) is 5.11 Å². The van der Waals surface area contributed by atoms with Crippen LogP contribution < -0.4 is 18.1 Å². The molecule has 1 aromatic carbocycles. The summed E-state index contributed by atoms with van der Waals surface area (Å²) in [5.41, 5.74) is 6.74. The number of hydrogen-bond acceptors (Lipinski definition) is 3. The SMILES string of the molecule is NC1=NC(=[N+]2CCCC2)SC1=Cc1ccccc1O.[Cl-]. The maximum absolute atomic E-state index is 9.78. The minimum atomic E-state index is 0. The minimum absolute atomic E-state index is 0. The zero-order chi connectivity index (χ0) is 13.2. The Kier molecular flexibility index (Phi) is 4.73. The van der Waals surface area contributed by atoms with Crippen LogP contribution in [0, 0.1) is 0 Å².